The second kappa shape index (κ2) is 7.05. The summed E-state index contributed by atoms with van der Waals surface area (Å²) in [4.78, 5) is 16.9. The van der Waals surface area contributed by atoms with Crippen molar-refractivity contribution in [3.63, 3.8) is 0 Å². The number of rotatable bonds is 4. The third-order valence-electron chi connectivity index (χ3n) is 3.87. The highest BCUT2D eigenvalue weighted by Crippen LogP contribution is 2.33. The third-order valence-corrected chi connectivity index (χ3v) is 4.77. The molecule has 0 spiro atoms. The molecule has 0 radical (unpaired) electrons. The fourth-order valence-electron chi connectivity index (χ4n) is 2.56. The molecule has 4 rings (SSSR count). The van der Waals surface area contributed by atoms with Gasteiger partial charge in [-0.15, -0.1) is 11.3 Å². The van der Waals surface area contributed by atoms with Crippen LogP contribution in [0.2, 0.25) is 0 Å². The summed E-state index contributed by atoms with van der Waals surface area (Å²) in [5.74, 6) is 1.83. The normalized spacial score (nSPS) is 12.5. The molecule has 0 fully saturated rings. The Morgan fingerprint density at radius 2 is 1.88 bits per heavy atom. The van der Waals surface area contributed by atoms with Gasteiger partial charge < -0.3 is 19.5 Å². The molecule has 6 nitrogen and oxygen atoms in total. The standard InChI is InChI=1S/C19H16N2O4S/c1-23-14-5-2-12(3-6-14)19-21-15(11-26-19)18(22)20-13-4-7-16-17(10-13)25-9-8-24-16/h2-7,10-11H,8-9H2,1H3,(H,20,22). The van der Waals surface area contributed by atoms with E-state index in [4.69, 9.17) is 14.2 Å². The Hall–Kier alpha value is -3.06. The average molecular weight is 368 g/mol. The summed E-state index contributed by atoms with van der Waals surface area (Å²) < 4.78 is 16.2. The topological polar surface area (TPSA) is 69.7 Å². The van der Waals surface area contributed by atoms with Gasteiger partial charge in [0, 0.05) is 22.7 Å². The predicted molar refractivity (Wildman–Crippen MR) is 99.5 cm³/mol. The van der Waals surface area contributed by atoms with Gasteiger partial charge >= 0.3 is 0 Å². The zero-order valence-corrected chi connectivity index (χ0v) is 14.8. The minimum Gasteiger partial charge on any atom is -0.497 e. The molecule has 26 heavy (non-hydrogen) atoms. The number of ether oxygens (including phenoxy) is 3. The van der Waals surface area contributed by atoms with Gasteiger partial charge in [0.2, 0.25) is 0 Å². The molecule has 1 aliphatic heterocycles. The summed E-state index contributed by atoms with van der Waals surface area (Å²) in [5, 5.41) is 5.36. The lowest BCUT2D eigenvalue weighted by molar-refractivity contribution is 0.102. The van der Waals surface area contributed by atoms with Gasteiger partial charge in [-0.05, 0) is 36.4 Å². The maximum Gasteiger partial charge on any atom is 0.275 e. The van der Waals surface area contributed by atoms with Gasteiger partial charge in [-0.3, -0.25) is 4.79 Å². The van der Waals surface area contributed by atoms with E-state index >= 15 is 0 Å². The molecule has 0 aliphatic carbocycles. The predicted octanol–water partition coefficient (Wildman–Crippen LogP) is 3.84. The first-order chi connectivity index (χ1) is 12.7. The molecule has 7 heteroatoms. The minimum absolute atomic E-state index is 0.266. The summed E-state index contributed by atoms with van der Waals surface area (Å²) in [6.45, 7) is 1.04. The molecule has 0 unspecified atom stereocenters. The van der Waals surface area contributed by atoms with Crippen LogP contribution in [0.15, 0.2) is 47.8 Å². The first kappa shape index (κ1) is 16.4. The number of anilines is 1. The van der Waals surface area contributed by atoms with Crippen LogP contribution in [-0.2, 0) is 0 Å². The zero-order valence-electron chi connectivity index (χ0n) is 14.0. The summed E-state index contributed by atoms with van der Waals surface area (Å²) in [6, 6.07) is 12.9. The fraction of sp³-hybridized carbons (Fsp3) is 0.158. The Labute approximate surface area is 154 Å². The van der Waals surface area contributed by atoms with Gasteiger partial charge in [0.1, 0.15) is 29.7 Å². The van der Waals surface area contributed by atoms with E-state index in [2.05, 4.69) is 10.3 Å². The molecule has 0 bridgehead atoms. The SMILES string of the molecule is COc1ccc(-c2nc(C(=O)Nc3ccc4c(c3)OCCO4)cs2)cc1. The summed E-state index contributed by atoms with van der Waals surface area (Å²) >= 11 is 1.42. The molecule has 1 aliphatic rings. The highest BCUT2D eigenvalue weighted by atomic mass is 32.1. The van der Waals surface area contributed by atoms with Gasteiger partial charge in [0.15, 0.2) is 11.5 Å². The van der Waals surface area contributed by atoms with Crippen molar-refractivity contribution in [3.8, 4) is 27.8 Å². The number of carbonyl (C=O) groups excluding carboxylic acids is 1. The second-order valence-corrected chi connectivity index (χ2v) is 6.44. The van der Waals surface area contributed by atoms with E-state index in [1.165, 1.54) is 11.3 Å². The largest absolute Gasteiger partial charge is 0.497 e. The summed E-state index contributed by atoms with van der Waals surface area (Å²) in [6.07, 6.45) is 0. The lowest BCUT2D eigenvalue weighted by Crippen LogP contribution is -2.16. The Morgan fingerprint density at radius 1 is 1.12 bits per heavy atom. The number of aromatic nitrogens is 1. The van der Waals surface area contributed by atoms with Crippen molar-refractivity contribution in [2.75, 3.05) is 25.6 Å². The number of methoxy groups -OCH3 is 1. The molecule has 2 heterocycles. The number of nitrogens with one attached hydrogen (secondary N) is 1. The molecule has 1 N–H and O–H groups in total. The first-order valence-corrected chi connectivity index (χ1v) is 8.92. The molecule has 132 valence electrons. The number of nitrogens with zero attached hydrogens (tertiary/aromatic N) is 1. The molecule has 1 amide bonds. The van der Waals surface area contributed by atoms with Gasteiger partial charge in [0.05, 0.1) is 7.11 Å². The maximum absolute atomic E-state index is 12.5. The molecular weight excluding hydrogens is 352 g/mol. The number of fused-ring (bicyclic) bond motifs is 1. The highest BCUT2D eigenvalue weighted by molar-refractivity contribution is 7.13. The first-order valence-electron chi connectivity index (χ1n) is 8.04. The van der Waals surface area contributed by atoms with Crippen LogP contribution >= 0.6 is 11.3 Å². The number of thiazole rings is 1. The average Bonchev–Trinajstić information content (AvgIpc) is 3.18. The van der Waals surface area contributed by atoms with Crippen molar-refractivity contribution in [2.24, 2.45) is 0 Å². The molecule has 0 saturated carbocycles. The van der Waals surface area contributed by atoms with Crippen molar-refractivity contribution in [3.05, 3.63) is 53.5 Å². The molecule has 0 saturated heterocycles. The monoisotopic (exact) mass is 368 g/mol. The lowest BCUT2D eigenvalue weighted by atomic mass is 10.2. The van der Waals surface area contributed by atoms with Gasteiger partial charge in [-0.25, -0.2) is 4.98 Å². The van der Waals surface area contributed by atoms with Crippen molar-refractivity contribution in [2.45, 2.75) is 0 Å². The number of hydrogen-bond donors (Lipinski definition) is 1. The molecule has 2 aromatic carbocycles. The molecular formula is C19H16N2O4S. The minimum atomic E-state index is -0.266. The van der Waals surface area contributed by atoms with E-state index in [-0.39, 0.29) is 5.91 Å². The van der Waals surface area contributed by atoms with Gasteiger partial charge in [-0.2, -0.15) is 0 Å². The van der Waals surface area contributed by atoms with Crippen LogP contribution in [-0.4, -0.2) is 31.2 Å². The Kier molecular flexibility index (Phi) is 4.45. The third kappa shape index (κ3) is 3.34. The van der Waals surface area contributed by atoms with Crippen LogP contribution in [0.1, 0.15) is 10.5 Å². The Bertz CT molecular complexity index is 937. The quantitative estimate of drug-likeness (QED) is 0.758. The van der Waals surface area contributed by atoms with Crippen molar-refractivity contribution < 1.29 is 19.0 Å². The van der Waals surface area contributed by atoms with Crippen LogP contribution in [0.4, 0.5) is 5.69 Å². The van der Waals surface area contributed by atoms with E-state index in [0.717, 1.165) is 16.3 Å². The van der Waals surface area contributed by atoms with Crippen LogP contribution in [0.3, 0.4) is 0 Å². The summed E-state index contributed by atoms with van der Waals surface area (Å²) in [7, 11) is 1.62. The van der Waals surface area contributed by atoms with E-state index in [1.807, 2.05) is 24.3 Å². The van der Waals surface area contributed by atoms with Crippen LogP contribution in [0, 0.1) is 0 Å². The molecule has 0 atom stereocenters. The van der Waals surface area contributed by atoms with Crippen LogP contribution in [0.25, 0.3) is 10.6 Å². The number of hydrogen-bond acceptors (Lipinski definition) is 6. The summed E-state index contributed by atoms with van der Waals surface area (Å²) in [5.41, 5.74) is 1.95. The molecule has 3 aromatic rings. The van der Waals surface area contributed by atoms with E-state index in [1.54, 1.807) is 30.7 Å². The zero-order chi connectivity index (χ0) is 17.9. The second-order valence-electron chi connectivity index (χ2n) is 5.58. The van der Waals surface area contributed by atoms with Crippen molar-refractivity contribution >= 4 is 22.9 Å². The van der Waals surface area contributed by atoms with Crippen LogP contribution in [0.5, 0.6) is 17.2 Å². The highest BCUT2D eigenvalue weighted by Gasteiger charge is 2.15. The van der Waals surface area contributed by atoms with Gasteiger partial charge in [0.25, 0.3) is 5.91 Å². The number of amides is 1. The Morgan fingerprint density at radius 3 is 2.65 bits per heavy atom. The lowest BCUT2D eigenvalue weighted by Gasteiger charge is -2.18. The van der Waals surface area contributed by atoms with E-state index in [0.29, 0.717) is 36.1 Å². The number of carbonyl (C=O) groups is 1. The van der Waals surface area contributed by atoms with Crippen molar-refractivity contribution in [1.29, 1.82) is 0 Å². The fourth-order valence-corrected chi connectivity index (χ4v) is 3.37. The smallest absolute Gasteiger partial charge is 0.275 e. The van der Waals surface area contributed by atoms with E-state index < -0.39 is 0 Å². The molecule has 1 aromatic heterocycles. The van der Waals surface area contributed by atoms with Gasteiger partial charge in [-0.1, -0.05) is 0 Å². The number of benzene rings is 2. The van der Waals surface area contributed by atoms with E-state index in [9.17, 15) is 4.79 Å². The van der Waals surface area contributed by atoms with Crippen molar-refractivity contribution in [1.82, 2.24) is 4.98 Å². The van der Waals surface area contributed by atoms with Crippen LogP contribution < -0.4 is 19.5 Å². The Balaban J connectivity index is 1.49. The maximum atomic E-state index is 12.5.